The van der Waals surface area contributed by atoms with E-state index in [0.717, 1.165) is 22.4 Å². The zero-order chi connectivity index (χ0) is 14.1. The zero-order valence-electron chi connectivity index (χ0n) is 12.5. The van der Waals surface area contributed by atoms with E-state index >= 15 is 0 Å². The minimum absolute atomic E-state index is 0.512. The van der Waals surface area contributed by atoms with Crippen molar-refractivity contribution < 1.29 is 4.42 Å². The SMILES string of the molecule is CC(=NN1C(C)CCCC1C)c1cc2ccccc2o1. The Bertz CT molecular complexity index is 586. The van der Waals surface area contributed by atoms with Crippen molar-refractivity contribution in [1.29, 1.82) is 0 Å². The summed E-state index contributed by atoms with van der Waals surface area (Å²) in [6.07, 6.45) is 3.75. The van der Waals surface area contributed by atoms with Crippen LogP contribution in [0, 0.1) is 0 Å². The Morgan fingerprint density at radius 2 is 1.90 bits per heavy atom. The van der Waals surface area contributed by atoms with Crippen molar-refractivity contribution in [3.8, 4) is 0 Å². The first-order valence-electron chi connectivity index (χ1n) is 7.47. The van der Waals surface area contributed by atoms with Gasteiger partial charge in [-0.1, -0.05) is 18.2 Å². The molecule has 3 rings (SSSR count). The smallest absolute Gasteiger partial charge is 0.151 e. The van der Waals surface area contributed by atoms with Crippen molar-refractivity contribution in [2.45, 2.75) is 52.1 Å². The van der Waals surface area contributed by atoms with Gasteiger partial charge in [-0.05, 0) is 52.2 Å². The van der Waals surface area contributed by atoms with Gasteiger partial charge in [0.05, 0.1) is 5.71 Å². The summed E-state index contributed by atoms with van der Waals surface area (Å²) >= 11 is 0. The van der Waals surface area contributed by atoms with E-state index in [-0.39, 0.29) is 0 Å². The summed E-state index contributed by atoms with van der Waals surface area (Å²) < 4.78 is 5.88. The molecule has 0 saturated carbocycles. The van der Waals surface area contributed by atoms with E-state index in [2.05, 4.69) is 31.0 Å². The van der Waals surface area contributed by atoms with Gasteiger partial charge in [-0.2, -0.15) is 5.10 Å². The second kappa shape index (κ2) is 5.31. The van der Waals surface area contributed by atoms with Crippen LogP contribution < -0.4 is 0 Å². The summed E-state index contributed by atoms with van der Waals surface area (Å²) in [5, 5.41) is 8.20. The fraction of sp³-hybridized carbons (Fsp3) is 0.471. The van der Waals surface area contributed by atoms with E-state index in [1.807, 2.05) is 25.1 Å². The third kappa shape index (κ3) is 2.45. The molecule has 2 heterocycles. The van der Waals surface area contributed by atoms with Crippen molar-refractivity contribution in [2.75, 3.05) is 0 Å². The van der Waals surface area contributed by atoms with Crippen molar-refractivity contribution in [3.63, 3.8) is 0 Å². The number of rotatable bonds is 2. The number of benzene rings is 1. The predicted molar refractivity (Wildman–Crippen MR) is 83.0 cm³/mol. The summed E-state index contributed by atoms with van der Waals surface area (Å²) in [6, 6.07) is 11.2. The maximum atomic E-state index is 5.88. The third-order valence-electron chi connectivity index (χ3n) is 4.19. The van der Waals surface area contributed by atoms with Gasteiger partial charge in [0.25, 0.3) is 0 Å². The first-order valence-corrected chi connectivity index (χ1v) is 7.47. The number of hydrazone groups is 1. The molecule has 0 aliphatic carbocycles. The Morgan fingerprint density at radius 3 is 2.60 bits per heavy atom. The molecule has 1 aliphatic heterocycles. The molecule has 0 N–H and O–H groups in total. The van der Waals surface area contributed by atoms with Crippen LogP contribution in [-0.4, -0.2) is 22.8 Å². The van der Waals surface area contributed by atoms with Gasteiger partial charge < -0.3 is 4.42 Å². The molecule has 20 heavy (non-hydrogen) atoms. The van der Waals surface area contributed by atoms with E-state index in [0.29, 0.717) is 12.1 Å². The van der Waals surface area contributed by atoms with Crippen LogP contribution >= 0.6 is 0 Å². The molecule has 3 heteroatoms. The highest BCUT2D eigenvalue weighted by atomic mass is 16.3. The van der Waals surface area contributed by atoms with E-state index in [4.69, 9.17) is 9.52 Å². The molecule has 0 radical (unpaired) electrons. The van der Waals surface area contributed by atoms with Crippen LogP contribution in [0.2, 0.25) is 0 Å². The average molecular weight is 270 g/mol. The van der Waals surface area contributed by atoms with Gasteiger partial charge in [-0.25, -0.2) is 0 Å². The maximum absolute atomic E-state index is 5.88. The first-order chi connectivity index (χ1) is 9.65. The fourth-order valence-electron chi connectivity index (χ4n) is 2.99. The Labute approximate surface area is 120 Å². The van der Waals surface area contributed by atoms with Gasteiger partial charge in [-0.15, -0.1) is 0 Å². The molecular formula is C17H22N2O. The van der Waals surface area contributed by atoms with E-state index in [1.54, 1.807) is 0 Å². The molecule has 2 aromatic rings. The number of fused-ring (bicyclic) bond motifs is 1. The zero-order valence-corrected chi connectivity index (χ0v) is 12.5. The summed E-state index contributed by atoms with van der Waals surface area (Å²) in [5.41, 5.74) is 1.89. The molecule has 3 nitrogen and oxygen atoms in total. The van der Waals surface area contributed by atoms with Gasteiger partial charge in [0, 0.05) is 17.5 Å². The lowest BCUT2D eigenvalue weighted by Gasteiger charge is -2.37. The van der Waals surface area contributed by atoms with E-state index in [9.17, 15) is 0 Å². The Hall–Kier alpha value is -1.77. The number of hydrogen-bond acceptors (Lipinski definition) is 3. The minimum atomic E-state index is 0.512. The van der Waals surface area contributed by atoms with Gasteiger partial charge in [0.1, 0.15) is 5.58 Å². The van der Waals surface area contributed by atoms with Crippen LogP contribution in [0.3, 0.4) is 0 Å². The monoisotopic (exact) mass is 270 g/mol. The standard InChI is InChI=1S/C17H22N2O/c1-12-7-6-8-13(2)19(12)18-14(3)17-11-15-9-4-5-10-16(15)20-17/h4-5,9-13H,6-8H2,1-3H3. The molecule has 1 aromatic heterocycles. The van der Waals surface area contributed by atoms with Crippen molar-refractivity contribution in [3.05, 3.63) is 36.1 Å². The van der Waals surface area contributed by atoms with Gasteiger partial charge in [0.15, 0.2) is 5.76 Å². The molecule has 0 spiro atoms. The molecule has 0 bridgehead atoms. The number of nitrogens with zero attached hydrogens (tertiary/aromatic N) is 2. The summed E-state index contributed by atoms with van der Waals surface area (Å²) in [6.45, 7) is 6.54. The number of furan rings is 1. The number of para-hydroxylation sites is 1. The van der Waals surface area contributed by atoms with Gasteiger partial charge >= 0.3 is 0 Å². The molecule has 2 unspecified atom stereocenters. The Kier molecular flexibility index (Phi) is 3.51. The minimum Gasteiger partial charge on any atom is -0.455 e. The second-order valence-electron chi connectivity index (χ2n) is 5.84. The molecular weight excluding hydrogens is 248 g/mol. The lowest BCUT2D eigenvalue weighted by atomic mass is 10.00. The first kappa shape index (κ1) is 13.2. The van der Waals surface area contributed by atoms with Crippen LogP contribution in [0.5, 0.6) is 0 Å². The van der Waals surface area contributed by atoms with Crippen LogP contribution in [0.15, 0.2) is 39.9 Å². The summed E-state index contributed by atoms with van der Waals surface area (Å²) in [4.78, 5) is 0. The maximum Gasteiger partial charge on any atom is 0.151 e. The predicted octanol–water partition coefficient (Wildman–Crippen LogP) is 4.42. The molecule has 106 valence electrons. The highest BCUT2D eigenvalue weighted by Crippen LogP contribution is 2.24. The highest BCUT2D eigenvalue weighted by molar-refractivity contribution is 5.99. The molecule has 0 amide bonds. The fourth-order valence-corrected chi connectivity index (χ4v) is 2.99. The molecule has 2 atom stereocenters. The molecule has 1 aromatic carbocycles. The number of hydrogen-bond donors (Lipinski definition) is 0. The van der Waals surface area contributed by atoms with E-state index < -0.39 is 0 Å². The molecule has 1 saturated heterocycles. The van der Waals surface area contributed by atoms with Crippen molar-refractivity contribution in [2.24, 2.45) is 5.10 Å². The molecule has 1 aliphatic rings. The van der Waals surface area contributed by atoms with Gasteiger partial charge in [0.2, 0.25) is 0 Å². The van der Waals surface area contributed by atoms with Gasteiger partial charge in [-0.3, -0.25) is 5.01 Å². The quantitative estimate of drug-likeness (QED) is 0.756. The summed E-state index contributed by atoms with van der Waals surface area (Å²) in [7, 11) is 0. The Balaban J connectivity index is 1.90. The Morgan fingerprint density at radius 1 is 1.20 bits per heavy atom. The van der Waals surface area contributed by atoms with Crippen molar-refractivity contribution >= 4 is 16.7 Å². The largest absolute Gasteiger partial charge is 0.455 e. The summed E-state index contributed by atoms with van der Waals surface area (Å²) in [5.74, 6) is 0.871. The molecule has 1 fully saturated rings. The second-order valence-corrected chi connectivity index (χ2v) is 5.84. The topological polar surface area (TPSA) is 28.7 Å². The van der Waals surface area contributed by atoms with Crippen LogP contribution in [0.25, 0.3) is 11.0 Å². The normalized spacial score (nSPS) is 24.4. The van der Waals surface area contributed by atoms with Crippen molar-refractivity contribution in [1.82, 2.24) is 5.01 Å². The average Bonchev–Trinajstić information content (AvgIpc) is 2.87. The third-order valence-corrected chi connectivity index (χ3v) is 4.19. The van der Waals surface area contributed by atoms with Crippen LogP contribution in [0.4, 0.5) is 0 Å². The number of piperidine rings is 1. The van der Waals surface area contributed by atoms with E-state index in [1.165, 1.54) is 19.3 Å². The van der Waals surface area contributed by atoms with Crippen LogP contribution in [0.1, 0.15) is 45.8 Å². The highest BCUT2D eigenvalue weighted by Gasteiger charge is 2.23. The lowest BCUT2D eigenvalue weighted by molar-refractivity contribution is 0.108. The lowest BCUT2D eigenvalue weighted by Crippen LogP contribution is -2.40. The van der Waals surface area contributed by atoms with Crippen LogP contribution in [-0.2, 0) is 0 Å².